The van der Waals surface area contributed by atoms with Gasteiger partial charge in [0.1, 0.15) is 6.04 Å². The topological polar surface area (TPSA) is 92.8 Å². The predicted molar refractivity (Wildman–Crippen MR) is 103 cm³/mol. The monoisotopic (exact) mass is 394 g/mol. The quantitative estimate of drug-likeness (QED) is 0.712. The first-order valence-electron chi connectivity index (χ1n) is 8.97. The summed E-state index contributed by atoms with van der Waals surface area (Å²) in [6, 6.07) is 7.84. The summed E-state index contributed by atoms with van der Waals surface area (Å²) in [5.74, 6) is -0.449. The van der Waals surface area contributed by atoms with E-state index in [1.165, 1.54) is 13.0 Å². The third-order valence-corrected chi connectivity index (χ3v) is 5.58. The minimum atomic E-state index is -3.82. The average molecular weight is 394 g/mol. The number of sulfonamides is 1. The van der Waals surface area contributed by atoms with Gasteiger partial charge in [-0.25, -0.2) is 8.42 Å². The zero-order valence-electron chi connectivity index (χ0n) is 15.6. The van der Waals surface area contributed by atoms with Crippen LogP contribution in [0.25, 0.3) is 6.08 Å². The van der Waals surface area contributed by atoms with Crippen LogP contribution in [0.2, 0.25) is 0 Å². The highest BCUT2D eigenvalue weighted by atomic mass is 32.2. The molecular weight excluding hydrogens is 368 g/mol. The lowest BCUT2D eigenvalue weighted by molar-refractivity contribution is -0.153. The molecule has 1 fully saturated rings. The van der Waals surface area contributed by atoms with Crippen LogP contribution >= 0.6 is 0 Å². The zero-order chi connectivity index (χ0) is 19.9. The van der Waals surface area contributed by atoms with E-state index in [-0.39, 0.29) is 12.5 Å². The molecule has 1 aromatic carbocycles. The summed E-state index contributed by atoms with van der Waals surface area (Å²) in [6.45, 7) is 4.46. The molecular formula is C19H26N2O5S. The number of piperidine rings is 1. The van der Waals surface area contributed by atoms with Crippen LogP contribution in [0.3, 0.4) is 0 Å². The maximum atomic E-state index is 12.1. The summed E-state index contributed by atoms with van der Waals surface area (Å²) >= 11 is 0. The van der Waals surface area contributed by atoms with Crippen LogP contribution in [0.4, 0.5) is 0 Å². The number of nitrogens with zero attached hydrogens (tertiary/aromatic N) is 1. The van der Waals surface area contributed by atoms with Crippen molar-refractivity contribution in [1.29, 1.82) is 0 Å². The van der Waals surface area contributed by atoms with E-state index in [1.807, 2.05) is 6.07 Å². The van der Waals surface area contributed by atoms with Gasteiger partial charge in [-0.15, -0.1) is 0 Å². The molecule has 1 N–H and O–H groups in total. The maximum Gasteiger partial charge on any atom is 0.324 e. The standard InChI is InChI=1S/C19H26N2O5S/c1-15-8-11-21(12-9-15)18(22)14-26-19(23)16(2)20-27(24,25)13-10-17-6-4-3-5-7-17/h3-7,10,13,15-16,20H,8-9,11-12,14H2,1-2H3/b13-10+/t16-/m1/s1. The van der Waals surface area contributed by atoms with E-state index in [0.717, 1.165) is 23.8 Å². The largest absolute Gasteiger partial charge is 0.454 e. The van der Waals surface area contributed by atoms with Crippen LogP contribution in [0, 0.1) is 5.92 Å². The van der Waals surface area contributed by atoms with Crippen molar-refractivity contribution < 1.29 is 22.7 Å². The highest BCUT2D eigenvalue weighted by Gasteiger charge is 2.24. The second-order valence-corrected chi connectivity index (χ2v) is 8.37. The summed E-state index contributed by atoms with van der Waals surface area (Å²) in [5.41, 5.74) is 0.722. The number of esters is 1. The van der Waals surface area contributed by atoms with Gasteiger partial charge in [0, 0.05) is 18.5 Å². The second-order valence-electron chi connectivity index (χ2n) is 6.77. The number of benzene rings is 1. The Morgan fingerprint density at radius 2 is 1.89 bits per heavy atom. The maximum absolute atomic E-state index is 12.1. The average Bonchev–Trinajstić information content (AvgIpc) is 2.65. The van der Waals surface area contributed by atoms with Crippen molar-refractivity contribution in [3.63, 3.8) is 0 Å². The molecule has 27 heavy (non-hydrogen) atoms. The van der Waals surface area contributed by atoms with Gasteiger partial charge in [-0.2, -0.15) is 4.72 Å². The first-order chi connectivity index (χ1) is 12.8. The van der Waals surface area contributed by atoms with Crippen LogP contribution in [0.5, 0.6) is 0 Å². The fourth-order valence-electron chi connectivity index (χ4n) is 2.67. The van der Waals surface area contributed by atoms with Gasteiger partial charge in [0.05, 0.1) is 0 Å². The molecule has 0 radical (unpaired) electrons. The minimum absolute atomic E-state index is 0.255. The van der Waals surface area contributed by atoms with Gasteiger partial charge in [0.2, 0.25) is 10.0 Å². The summed E-state index contributed by atoms with van der Waals surface area (Å²) < 4.78 is 31.3. The van der Waals surface area contributed by atoms with Gasteiger partial charge in [-0.3, -0.25) is 9.59 Å². The molecule has 1 saturated heterocycles. The molecule has 0 aromatic heterocycles. The smallest absolute Gasteiger partial charge is 0.324 e. The second kappa shape index (κ2) is 9.66. The van der Waals surface area contributed by atoms with E-state index in [1.54, 1.807) is 29.2 Å². The fraction of sp³-hybridized carbons (Fsp3) is 0.474. The minimum Gasteiger partial charge on any atom is -0.454 e. The lowest BCUT2D eigenvalue weighted by atomic mass is 9.99. The van der Waals surface area contributed by atoms with Crippen molar-refractivity contribution in [2.45, 2.75) is 32.7 Å². The van der Waals surface area contributed by atoms with E-state index >= 15 is 0 Å². The number of likely N-dealkylation sites (tertiary alicyclic amines) is 1. The molecule has 1 aromatic rings. The molecule has 0 bridgehead atoms. The Bertz CT molecular complexity index is 769. The van der Waals surface area contributed by atoms with Crippen molar-refractivity contribution in [3.8, 4) is 0 Å². The molecule has 0 aliphatic carbocycles. The Kier molecular flexibility index (Phi) is 7.55. The SMILES string of the molecule is CC1CCN(C(=O)COC(=O)[C@@H](C)NS(=O)(=O)/C=C/c2ccccc2)CC1. The van der Waals surface area contributed by atoms with Gasteiger partial charge in [0.25, 0.3) is 5.91 Å². The highest BCUT2D eigenvalue weighted by molar-refractivity contribution is 7.92. The van der Waals surface area contributed by atoms with Crippen LogP contribution in [0.15, 0.2) is 35.7 Å². The molecule has 1 aliphatic rings. The summed E-state index contributed by atoms with van der Waals surface area (Å²) in [7, 11) is -3.82. The van der Waals surface area contributed by atoms with Crippen LogP contribution in [-0.2, 0) is 24.3 Å². The summed E-state index contributed by atoms with van der Waals surface area (Å²) in [4.78, 5) is 25.7. The Hall–Kier alpha value is -2.19. The van der Waals surface area contributed by atoms with Crippen LogP contribution in [-0.4, -0.2) is 50.9 Å². The summed E-state index contributed by atoms with van der Waals surface area (Å²) in [5, 5.41) is 0.992. The molecule has 1 atom stereocenters. The Morgan fingerprint density at radius 3 is 2.52 bits per heavy atom. The zero-order valence-corrected chi connectivity index (χ0v) is 16.4. The first kappa shape index (κ1) is 21.1. The molecule has 148 valence electrons. The van der Waals surface area contributed by atoms with Crippen LogP contribution in [0.1, 0.15) is 32.3 Å². The van der Waals surface area contributed by atoms with E-state index in [9.17, 15) is 18.0 Å². The predicted octanol–water partition coefficient (Wildman–Crippen LogP) is 1.77. The van der Waals surface area contributed by atoms with E-state index < -0.39 is 22.0 Å². The number of carbonyl (C=O) groups is 2. The van der Waals surface area contributed by atoms with Gasteiger partial charge >= 0.3 is 5.97 Å². The van der Waals surface area contributed by atoms with Crippen LogP contribution < -0.4 is 4.72 Å². The number of rotatable bonds is 7. The fourth-order valence-corrected chi connectivity index (χ4v) is 3.68. The van der Waals surface area contributed by atoms with Gasteiger partial charge in [-0.1, -0.05) is 37.3 Å². The Labute approximate surface area is 160 Å². The highest BCUT2D eigenvalue weighted by Crippen LogP contribution is 2.16. The van der Waals surface area contributed by atoms with Crippen molar-refractivity contribution in [2.75, 3.05) is 19.7 Å². The van der Waals surface area contributed by atoms with Gasteiger partial charge in [-0.05, 0) is 37.3 Å². The van der Waals surface area contributed by atoms with E-state index in [4.69, 9.17) is 4.74 Å². The van der Waals surface area contributed by atoms with Crippen molar-refractivity contribution >= 4 is 28.0 Å². The number of hydrogen-bond acceptors (Lipinski definition) is 5. The molecule has 7 nitrogen and oxygen atoms in total. The molecule has 1 amide bonds. The Balaban J connectivity index is 1.80. The number of nitrogens with one attached hydrogen (secondary N) is 1. The lowest BCUT2D eigenvalue weighted by Crippen LogP contribution is -2.43. The van der Waals surface area contributed by atoms with E-state index in [0.29, 0.717) is 19.0 Å². The molecule has 1 heterocycles. The van der Waals surface area contributed by atoms with Gasteiger partial charge in [0.15, 0.2) is 6.61 Å². The molecule has 0 spiro atoms. The van der Waals surface area contributed by atoms with Crippen molar-refractivity contribution in [1.82, 2.24) is 9.62 Å². The third-order valence-electron chi connectivity index (χ3n) is 4.41. The molecule has 0 unspecified atom stereocenters. The van der Waals surface area contributed by atoms with E-state index in [2.05, 4.69) is 11.6 Å². The molecule has 2 rings (SSSR count). The number of hydrogen-bond donors (Lipinski definition) is 1. The Morgan fingerprint density at radius 1 is 1.26 bits per heavy atom. The normalized spacial score (nSPS) is 17.0. The van der Waals surface area contributed by atoms with Crippen molar-refractivity contribution in [3.05, 3.63) is 41.3 Å². The lowest BCUT2D eigenvalue weighted by Gasteiger charge is -2.30. The third kappa shape index (κ3) is 7.15. The number of amides is 1. The first-order valence-corrected chi connectivity index (χ1v) is 10.5. The number of carbonyl (C=O) groups excluding carboxylic acids is 2. The molecule has 8 heteroatoms. The van der Waals surface area contributed by atoms with Gasteiger partial charge < -0.3 is 9.64 Å². The molecule has 1 aliphatic heterocycles. The summed E-state index contributed by atoms with van der Waals surface area (Å²) in [6.07, 6.45) is 3.30. The number of ether oxygens (including phenoxy) is 1. The molecule has 0 saturated carbocycles. The van der Waals surface area contributed by atoms with Crippen molar-refractivity contribution in [2.24, 2.45) is 5.92 Å².